The molecule has 1 aliphatic heterocycles. The Morgan fingerprint density at radius 1 is 1.24 bits per heavy atom. The Hall–Kier alpha value is -1.83. The summed E-state index contributed by atoms with van der Waals surface area (Å²) in [6.07, 6.45) is 2.07. The van der Waals surface area contributed by atoms with Gasteiger partial charge >= 0.3 is 18.0 Å². The van der Waals surface area contributed by atoms with E-state index in [0.29, 0.717) is 0 Å². The van der Waals surface area contributed by atoms with E-state index in [0.717, 1.165) is 38.9 Å². The number of carboxylic acid groups (broad SMARTS) is 2. The Kier molecular flexibility index (Phi) is 6.93. The fourth-order valence-electron chi connectivity index (χ4n) is 2.38. The van der Waals surface area contributed by atoms with E-state index in [2.05, 4.69) is 22.5 Å². The second kappa shape index (κ2) is 8.46. The van der Waals surface area contributed by atoms with Crippen molar-refractivity contribution in [3.8, 4) is 0 Å². The molecule has 0 aromatic rings. The number of likely N-dealkylation sites (tertiary alicyclic amines) is 1. The van der Waals surface area contributed by atoms with E-state index in [4.69, 9.17) is 10.2 Å². The lowest BCUT2D eigenvalue weighted by Crippen LogP contribution is -2.52. The second-order valence-corrected chi connectivity index (χ2v) is 5.22. The quantitative estimate of drug-likeness (QED) is 0.529. The molecular weight excluding hydrogens is 278 g/mol. The highest BCUT2D eigenvalue weighted by atomic mass is 16.4. The Morgan fingerprint density at radius 3 is 2.33 bits per heavy atom. The number of hydrogen-bond acceptors (Lipinski definition) is 4. The van der Waals surface area contributed by atoms with Crippen molar-refractivity contribution in [2.45, 2.75) is 44.7 Å². The summed E-state index contributed by atoms with van der Waals surface area (Å²) in [6, 6.07) is -2.04. The molecule has 2 amide bonds. The van der Waals surface area contributed by atoms with Crippen LogP contribution in [0.5, 0.6) is 0 Å². The summed E-state index contributed by atoms with van der Waals surface area (Å²) in [4.78, 5) is 35.5. The molecule has 1 heterocycles. The maximum atomic E-state index is 11.7. The van der Waals surface area contributed by atoms with Gasteiger partial charge in [-0.1, -0.05) is 6.92 Å². The highest BCUT2D eigenvalue weighted by molar-refractivity contribution is 5.86. The SMILES string of the molecule is CCCN1CCC(NC(=O)N[C@H](CC(=O)O)C(=O)O)CC1. The summed E-state index contributed by atoms with van der Waals surface area (Å²) < 4.78 is 0. The van der Waals surface area contributed by atoms with E-state index >= 15 is 0 Å². The average Bonchev–Trinajstić information content (AvgIpc) is 2.40. The lowest BCUT2D eigenvalue weighted by Gasteiger charge is -2.32. The summed E-state index contributed by atoms with van der Waals surface area (Å²) in [5.74, 6) is -2.62. The van der Waals surface area contributed by atoms with Gasteiger partial charge in [0.2, 0.25) is 0 Å². The number of nitrogens with zero attached hydrogens (tertiary/aromatic N) is 1. The third kappa shape index (κ3) is 6.44. The molecule has 0 saturated carbocycles. The summed E-state index contributed by atoms with van der Waals surface area (Å²) in [7, 11) is 0. The monoisotopic (exact) mass is 301 g/mol. The smallest absolute Gasteiger partial charge is 0.326 e. The van der Waals surface area contributed by atoms with Crippen LogP contribution in [-0.4, -0.2) is 64.8 Å². The first-order chi connectivity index (χ1) is 9.92. The van der Waals surface area contributed by atoms with E-state index in [1.54, 1.807) is 0 Å². The summed E-state index contributed by atoms with van der Waals surface area (Å²) in [5.41, 5.74) is 0. The molecule has 0 spiro atoms. The predicted molar refractivity (Wildman–Crippen MR) is 75.1 cm³/mol. The summed E-state index contributed by atoms with van der Waals surface area (Å²) in [6.45, 7) is 4.96. The number of carboxylic acids is 2. The molecule has 0 aromatic heterocycles. The third-order valence-electron chi connectivity index (χ3n) is 3.44. The van der Waals surface area contributed by atoms with Gasteiger partial charge in [-0.15, -0.1) is 0 Å². The lowest BCUT2D eigenvalue weighted by atomic mass is 10.1. The van der Waals surface area contributed by atoms with Gasteiger partial charge in [-0.25, -0.2) is 9.59 Å². The first-order valence-corrected chi connectivity index (χ1v) is 7.16. The zero-order valence-electron chi connectivity index (χ0n) is 12.2. The number of aliphatic carboxylic acids is 2. The number of piperidine rings is 1. The molecule has 120 valence electrons. The van der Waals surface area contributed by atoms with Gasteiger partial charge in [0.05, 0.1) is 6.42 Å². The van der Waals surface area contributed by atoms with Gasteiger partial charge in [0.25, 0.3) is 0 Å². The lowest BCUT2D eigenvalue weighted by molar-refractivity contribution is -0.145. The van der Waals surface area contributed by atoms with Crippen molar-refractivity contribution in [3.05, 3.63) is 0 Å². The summed E-state index contributed by atoms with van der Waals surface area (Å²) >= 11 is 0. The third-order valence-corrected chi connectivity index (χ3v) is 3.44. The van der Waals surface area contributed by atoms with Crippen molar-refractivity contribution in [2.75, 3.05) is 19.6 Å². The number of nitrogens with one attached hydrogen (secondary N) is 2. The van der Waals surface area contributed by atoms with Crippen LogP contribution in [0.2, 0.25) is 0 Å². The first-order valence-electron chi connectivity index (χ1n) is 7.16. The van der Waals surface area contributed by atoms with Crippen LogP contribution < -0.4 is 10.6 Å². The van der Waals surface area contributed by atoms with E-state index < -0.39 is 30.4 Å². The van der Waals surface area contributed by atoms with Gasteiger partial charge in [-0.3, -0.25) is 4.79 Å². The normalized spacial score (nSPS) is 18.0. The van der Waals surface area contributed by atoms with Crippen LogP contribution in [0.3, 0.4) is 0 Å². The topological polar surface area (TPSA) is 119 Å². The van der Waals surface area contributed by atoms with Crippen molar-refractivity contribution in [3.63, 3.8) is 0 Å². The molecule has 0 bridgehead atoms. The molecule has 4 N–H and O–H groups in total. The molecule has 1 rings (SSSR count). The minimum Gasteiger partial charge on any atom is -0.481 e. The molecule has 1 atom stereocenters. The number of carbonyl (C=O) groups excluding carboxylic acids is 1. The maximum absolute atomic E-state index is 11.7. The van der Waals surface area contributed by atoms with Crippen molar-refractivity contribution < 1.29 is 24.6 Å². The van der Waals surface area contributed by atoms with E-state index in [1.807, 2.05) is 0 Å². The van der Waals surface area contributed by atoms with Crippen LogP contribution >= 0.6 is 0 Å². The van der Waals surface area contributed by atoms with E-state index in [1.165, 1.54) is 0 Å². The molecule has 0 aromatic carbocycles. The zero-order valence-corrected chi connectivity index (χ0v) is 12.2. The standard InChI is InChI=1S/C13H23N3O5/c1-2-5-16-6-3-9(4-7-16)14-13(21)15-10(12(19)20)8-11(17)18/h9-10H,2-8H2,1H3,(H,17,18)(H,19,20)(H2,14,15,21)/t10-/m1/s1. The van der Waals surface area contributed by atoms with Crippen LogP contribution in [-0.2, 0) is 9.59 Å². The number of rotatable bonds is 7. The Balaban J connectivity index is 2.36. The molecule has 0 unspecified atom stereocenters. The van der Waals surface area contributed by atoms with Gasteiger partial charge < -0.3 is 25.7 Å². The van der Waals surface area contributed by atoms with Gasteiger partial charge in [-0.05, 0) is 25.8 Å². The summed E-state index contributed by atoms with van der Waals surface area (Å²) in [5, 5.41) is 22.4. The zero-order chi connectivity index (χ0) is 15.8. The molecule has 8 heteroatoms. The Bertz CT molecular complexity index is 380. The van der Waals surface area contributed by atoms with Crippen LogP contribution in [0.25, 0.3) is 0 Å². The van der Waals surface area contributed by atoms with Crippen LogP contribution in [0.1, 0.15) is 32.6 Å². The van der Waals surface area contributed by atoms with E-state index in [-0.39, 0.29) is 6.04 Å². The van der Waals surface area contributed by atoms with Crippen molar-refractivity contribution >= 4 is 18.0 Å². The van der Waals surface area contributed by atoms with Crippen LogP contribution in [0.15, 0.2) is 0 Å². The highest BCUT2D eigenvalue weighted by Gasteiger charge is 2.25. The fourth-order valence-corrected chi connectivity index (χ4v) is 2.38. The van der Waals surface area contributed by atoms with Crippen LogP contribution in [0.4, 0.5) is 4.79 Å². The minimum atomic E-state index is -1.41. The number of hydrogen-bond donors (Lipinski definition) is 4. The van der Waals surface area contributed by atoms with Crippen molar-refractivity contribution in [1.29, 1.82) is 0 Å². The second-order valence-electron chi connectivity index (χ2n) is 5.22. The van der Waals surface area contributed by atoms with Crippen molar-refractivity contribution in [2.24, 2.45) is 0 Å². The predicted octanol–water partition coefficient (Wildman–Crippen LogP) is 0.0879. The Labute approximate surface area is 123 Å². The molecular formula is C13H23N3O5. The number of urea groups is 1. The first kappa shape index (κ1) is 17.2. The highest BCUT2D eigenvalue weighted by Crippen LogP contribution is 2.10. The number of carbonyl (C=O) groups is 3. The molecule has 0 aliphatic carbocycles. The van der Waals surface area contributed by atoms with Gasteiger partial charge in [0.15, 0.2) is 0 Å². The Morgan fingerprint density at radius 2 is 1.86 bits per heavy atom. The van der Waals surface area contributed by atoms with Gasteiger partial charge in [-0.2, -0.15) is 0 Å². The average molecular weight is 301 g/mol. The van der Waals surface area contributed by atoms with Gasteiger partial charge in [0, 0.05) is 19.1 Å². The molecule has 1 aliphatic rings. The van der Waals surface area contributed by atoms with Crippen molar-refractivity contribution in [1.82, 2.24) is 15.5 Å². The molecule has 1 saturated heterocycles. The van der Waals surface area contributed by atoms with Crippen LogP contribution in [0, 0.1) is 0 Å². The minimum absolute atomic E-state index is 0.00243. The fraction of sp³-hybridized carbons (Fsp3) is 0.769. The van der Waals surface area contributed by atoms with E-state index in [9.17, 15) is 14.4 Å². The largest absolute Gasteiger partial charge is 0.481 e. The number of amides is 2. The molecule has 21 heavy (non-hydrogen) atoms. The van der Waals surface area contributed by atoms with Gasteiger partial charge in [0.1, 0.15) is 6.04 Å². The maximum Gasteiger partial charge on any atom is 0.326 e. The molecule has 1 fully saturated rings. The molecule has 0 radical (unpaired) electrons. The molecule has 8 nitrogen and oxygen atoms in total.